The van der Waals surface area contributed by atoms with Gasteiger partial charge in [0.1, 0.15) is 11.1 Å². The first-order valence-electron chi connectivity index (χ1n) is 8.81. The van der Waals surface area contributed by atoms with Gasteiger partial charge in [-0.2, -0.15) is 0 Å². The molecule has 1 aromatic heterocycles. The van der Waals surface area contributed by atoms with Gasteiger partial charge in [-0.1, -0.05) is 42.5 Å². The SMILES string of the molecule is CSc1cccc(N=c2oc3ccccc3cc2C(=O)Nc2ccccc2)c1. The van der Waals surface area contributed by atoms with Crippen LogP contribution in [0.5, 0.6) is 0 Å². The summed E-state index contributed by atoms with van der Waals surface area (Å²) in [5.41, 5.74) is 2.80. The standard InChI is InChI=1S/C23H18N2O2S/c1-28-19-12-7-11-18(15-19)25-23-20(14-16-8-5-6-13-21(16)27-23)22(26)24-17-9-3-2-4-10-17/h2-15H,1H3,(H,24,26). The summed E-state index contributed by atoms with van der Waals surface area (Å²) >= 11 is 1.64. The van der Waals surface area contributed by atoms with E-state index in [1.54, 1.807) is 11.8 Å². The Labute approximate surface area is 166 Å². The van der Waals surface area contributed by atoms with Gasteiger partial charge in [-0.25, -0.2) is 4.99 Å². The van der Waals surface area contributed by atoms with Crippen LogP contribution in [-0.2, 0) is 0 Å². The Balaban J connectivity index is 1.84. The van der Waals surface area contributed by atoms with Gasteiger partial charge in [0.05, 0.1) is 5.69 Å². The molecule has 0 atom stereocenters. The van der Waals surface area contributed by atoms with Gasteiger partial charge in [-0.05, 0) is 48.7 Å². The Kier molecular flexibility index (Phi) is 5.26. The summed E-state index contributed by atoms with van der Waals surface area (Å²) in [6.45, 7) is 0. The van der Waals surface area contributed by atoms with Gasteiger partial charge in [-0.15, -0.1) is 11.8 Å². The van der Waals surface area contributed by atoms with Crippen molar-refractivity contribution in [3.63, 3.8) is 0 Å². The van der Waals surface area contributed by atoms with E-state index in [-0.39, 0.29) is 11.5 Å². The third kappa shape index (κ3) is 4.00. The second-order valence-corrected chi connectivity index (χ2v) is 7.02. The predicted octanol–water partition coefficient (Wildman–Crippen LogP) is 5.64. The lowest BCUT2D eigenvalue weighted by Crippen LogP contribution is -2.21. The number of hydrogen-bond donors (Lipinski definition) is 1. The average Bonchev–Trinajstić information content (AvgIpc) is 2.74. The van der Waals surface area contributed by atoms with E-state index >= 15 is 0 Å². The molecule has 28 heavy (non-hydrogen) atoms. The smallest absolute Gasteiger partial charge is 0.261 e. The van der Waals surface area contributed by atoms with Crippen LogP contribution in [-0.4, -0.2) is 12.2 Å². The molecule has 1 heterocycles. The minimum Gasteiger partial charge on any atom is -0.438 e. The van der Waals surface area contributed by atoms with Crippen molar-refractivity contribution in [2.75, 3.05) is 11.6 Å². The van der Waals surface area contributed by atoms with Crippen molar-refractivity contribution < 1.29 is 9.21 Å². The van der Waals surface area contributed by atoms with Gasteiger partial charge < -0.3 is 9.73 Å². The van der Waals surface area contributed by atoms with Gasteiger partial charge in [0.15, 0.2) is 0 Å². The normalized spacial score (nSPS) is 11.5. The third-order valence-electron chi connectivity index (χ3n) is 4.22. The van der Waals surface area contributed by atoms with Crippen LogP contribution >= 0.6 is 11.8 Å². The number of thioether (sulfide) groups is 1. The fraction of sp³-hybridized carbons (Fsp3) is 0.0435. The first-order chi connectivity index (χ1) is 13.7. The zero-order chi connectivity index (χ0) is 19.3. The summed E-state index contributed by atoms with van der Waals surface area (Å²) in [5.74, 6) is -0.263. The zero-order valence-electron chi connectivity index (χ0n) is 15.3. The van der Waals surface area contributed by atoms with E-state index in [0.717, 1.165) is 21.7 Å². The number of rotatable bonds is 4. The molecule has 0 aliphatic carbocycles. The van der Waals surface area contributed by atoms with Crippen molar-refractivity contribution in [3.8, 4) is 0 Å². The molecular formula is C23H18N2O2S. The maximum Gasteiger partial charge on any atom is 0.261 e. The number of anilines is 1. The molecule has 0 saturated heterocycles. The minimum absolute atomic E-state index is 0.263. The highest BCUT2D eigenvalue weighted by Gasteiger charge is 2.13. The maximum atomic E-state index is 13.0. The molecule has 3 aromatic carbocycles. The molecule has 5 heteroatoms. The Hall–Kier alpha value is -3.31. The maximum absolute atomic E-state index is 13.0. The highest BCUT2D eigenvalue weighted by Crippen LogP contribution is 2.21. The number of amides is 1. The van der Waals surface area contributed by atoms with Gasteiger partial charge in [0, 0.05) is 16.0 Å². The van der Waals surface area contributed by atoms with Crippen molar-refractivity contribution in [2.24, 2.45) is 4.99 Å². The van der Waals surface area contributed by atoms with Crippen molar-refractivity contribution >= 4 is 40.0 Å². The molecule has 0 unspecified atom stereocenters. The molecule has 0 saturated carbocycles. The monoisotopic (exact) mass is 386 g/mol. The van der Waals surface area contributed by atoms with Gasteiger partial charge in [0.2, 0.25) is 5.55 Å². The van der Waals surface area contributed by atoms with Crippen LogP contribution in [0, 0.1) is 0 Å². The van der Waals surface area contributed by atoms with Crippen LogP contribution in [0.15, 0.2) is 99.2 Å². The largest absolute Gasteiger partial charge is 0.438 e. The Morgan fingerprint density at radius 2 is 1.71 bits per heavy atom. The van der Waals surface area contributed by atoms with Crippen molar-refractivity contribution in [1.82, 2.24) is 0 Å². The molecule has 0 spiro atoms. The molecule has 1 amide bonds. The van der Waals surface area contributed by atoms with Gasteiger partial charge >= 0.3 is 0 Å². The molecule has 0 aliphatic heterocycles. The van der Waals surface area contributed by atoms with Crippen molar-refractivity contribution in [1.29, 1.82) is 0 Å². The lowest BCUT2D eigenvalue weighted by molar-refractivity contribution is 0.102. The summed E-state index contributed by atoms with van der Waals surface area (Å²) in [6, 6.07) is 26.6. The number of nitrogens with one attached hydrogen (secondary N) is 1. The van der Waals surface area contributed by atoms with Crippen LogP contribution in [0.1, 0.15) is 10.4 Å². The molecule has 0 fully saturated rings. The highest BCUT2D eigenvalue weighted by atomic mass is 32.2. The zero-order valence-corrected chi connectivity index (χ0v) is 16.1. The van der Waals surface area contributed by atoms with Gasteiger partial charge in [-0.3, -0.25) is 4.79 Å². The van der Waals surface area contributed by atoms with E-state index in [2.05, 4.69) is 10.3 Å². The predicted molar refractivity (Wildman–Crippen MR) is 114 cm³/mol. The fourth-order valence-corrected chi connectivity index (χ4v) is 3.29. The molecule has 138 valence electrons. The number of carbonyl (C=O) groups is 1. The first-order valence-corrected chi connectivity index (χ1v) is 10.0. The summed E-state index contributed by atoms with van der Waals surface area (Å²) in [6.07, 6.45) is 2.01. The lowest BCUT2D eigenvalue weighted by atomic mass is 10.1. The number of carbonyl (C=O) groups excluding carboxylic acids is 1. The summed E-state index contributed by atoms with van der Waals surface area (Å²) in [4.78, 5) is 18.7. The first kappa shape index (κ1) is 18.1. The Morgan fingerprint density at radius 3 is 2.54 bits per heavy atom. The van der Waals surface area contributed by atoms with E-state index in [0.29, 0.717) is 11.1 Å². The van der Waals surface area contributed by atoms with E-state index in [4.69, 9.17) is 4.42 Å². The molecule has 0 aliphatic rings. The van der Waals surface area contributed by atoms with E-state index < -0.39 is 0 Å². The Morgan fingerprint density at radius 1 is 0.929 bits per heavy atom. The quantitative estimate of drug-likeness (QED) is 0.462. The van der Waals surface area contributed by atoms with E-state index in [1.165, 1.54) is 0 Å². The molecule has 4 rings (SSSR count). The number of hydrogen-bond acceptors (Lipinski definition) is 4. The third-order valence-corrected chi connectivity index (χ3v) is 4.94. The van der Waals surface area contributed by atoms with Crippen LogP contribution in [0.3, 0.4) is 0 Å². The molecule has 1 N–H and O–H groups in total. The second-order valence-electron chi connectivity index (χ2n) is 6.14. The molecule has 4 nitrogen and oxygen atoms in total. The minimum atomic E-state index is -0.263. The molecule has 0 radical (unpaired) electrons. The second kappa shape index (κ2) is 8.15. The molecular weight excluding hydrogens is 368 g/mol. The van der Waals surface area contributed by atoms with Crippen molar-refractivity contribution in [3.05, 3.63) is 96.0 Å². The van der Waals surface area contributed by atoms with Crippen LogP contribution in [0.2, 0.25) is 0 Å². The number of benzene rings is 3. The average molecular weight is 386 g/mol. The number of nitrogens with zero attached hydrogens (tertiary/aromatic N) is 1. The van der Waals surface area contributed by atoms with E-state index in [9.17, 15) is 4.79 Å². The summed E-state index contributed by atoms with van der Waals surface area (Å²) in [7, 11) is 0. The van der Waals surface area contributed by atoms with Crippen LogP contribution in [0.4, 0.5) is 11.4 Å². The fourth-order valence-electron chi connectivity index (χ4n) is 2.83. The topological polar surface area (TPSA) is 54.6 Å². The molecule has 0 bridgehead atoms. The number of fused-ring (bicyclic) bond motifs is 1. The Bertz CT molecular complexity index is 1200. The number of para-hydroxylation sites is 2. The van der Waals surface area contributed by atoms with E-state index in [1.807, 2.05) is 91.2 Å². The van der Waals surface area contributed by atoms with Crippen LogP contribution < -0.4 is 10.9 Å². The highest BCUT2D eigenvalue weighted by molar-refractivity contribution is 7.98. The van der Waals surface area contributed by atoms with Crippen LogP contribution in [0.25, 0.3) is 11.0 Å². The lowest BCUT2D eigenvalue weighted by Gasteiger charge is -2.07. The van der Waals surface area contributed by atoms with Crippen molar-refractivity contribution in [2.45, 2.75) is 4.90 Å². The molecule has 4 aromatic rings. The van der Waals surface area contributed by atoms with Gasteiger partial charge in [0.25, 0.3) is 5.91 Å². The summed E-state index contributed by atoms with van der Waals surface area (Å²) in [5, 5.41) is 3.75. The summed E-state index contributed by atoms with van der Waals surface area (Å²) < 4.78 is 5.99.